The second-order valence-electron chi connectivity index (χ2n) is 7.33. The third kappa shape index (κ3) is 3.61. The second-order valence-corrected chi connectivity index (χ2v) is 7.33. The number of nitrogens with zero attached hydrogens (tertiary/aromatic N) is 3. The summed E-state index contributed by atoms with van der Waals surface area (Å²) in [5, 5.41) is 1.14. The number of hydrogen-bond acceptors (Lipinski definition) is 4. The molecule has 2 aromatic rings. The fraction of sp³-hybridized carbons (Fsp3) is 0.474. The Bertz CT molecular complexity index is 739. The Morgan fingerprint density at radius 1 is 1.17 bits per heavy atom. The number of rotatable bonds is 1. The van der Waals surface area contributed by atoms with Gasteiger partial charge in [0.1, 0.15) is 11.4 Å². The minimum absolute atomic E-state index is 0.194. The fourth-order valence-electron chi connectivity index (χ4n) is 3.01. The van der Waals surface area contributed by atoms with Crippen LogP contribution >= 0.6 is 0 Å². The number of anilines is 1. The monoisotopic (exact) mass is 327 g/mol. The van der Waals surface area contributed by atoms with Crippen LogP contribution in [0.4, 0.5) is 10.6 Å². The average molecular weight is 327 g/mol. The van der Waals surface area contributed by atoms with Crippen LogP contribution in [0.25, 0.3) is 10.9 Å². The number of hydrogen-bond donors (Lipinski definition) is 0. The molecule has 0 bridgehead atoms. The first-order valence-electron chi connectivity index (χ1n) is 8.44. The van der Waals surface area contributed by atoms with Crippen molar-refractivity contribution < 1.29 is 9.53 Å². The fourth-order valence-corrected chi connectivity index (χ4v) is 3.01. The van der Waals surface area contributed by atoms with Crippen LogP contribution in [0.15, 0.2) is 36.4 Å². The summed E-state index contributed by atoms with van der Waals surface area (Å²) in [6.07, 6.45) is -0.236. The first-order valence-corrected chi connectivity index (χ1v) is 8.44. The maximum atomic E-state index is 12.2. The van der Waals surface area contributed by atoms with Gasteiger partial charge in [-0.05, 0) is 45.9 Å². The third-order valence-corrected chi connectivity index (χ3v) is 4.16. The lowest BCUT2D eigenvalue weighted by Crippen LogP contribution is -2.54. The molecule has 1 atom stereocenters. The molecule has 2 heterocycles. The number of para-hydroxylation sites is 1. The van der Waals surface area contributed by atoms with E-state index in [0.717, 1.165) is 23.3 Å². The van der Waals surface area contributed by atoms with Crippen molar-refractivity contribution in [1.82, 2.24) is 9.88 Å². The van der Waals surface area contributed by atoms with Crippen LogP contribution in [-0.4, -0.2) is 47.3 Å². The van der Waals surface area contributed by atoms with Gasteiger partial charge in [-0.1, -0.05) is 18.2 Å². The topological polar surface area (TPSA) is 45.7 Å². The van der Waals surface area contributed by atoms with E-state index in [9.17, 15) is 4.79 Å². The molecule has 0 N–H and O–H groups in total. The maximum Gasteiger partial charge on any atom is 0.410 e. The van der Waals surface area contributed by atoms with Crippen LogP contribution in [0.5, 0.6) is 0 Å². The van der Waals surface area contributed by atoms with Crippen LogP contribution in [0.2, 0.25) is 0 Å². The van der Waals surface area contributed by atoms with E-state index in [1.54, 1.807) is 4.90 Å². The number of carbonyl (C=O) groups excluding carboxylic acids is 1. The molecule has 128 valence electrons. The lowest BCUT2D eigenvalue weighted by atomic mass is 10.1. The average Bonchev–Trinajstić information content (AvgIpc) is 2.52. The van der Waals surface area contributed by atoms with Gasteiger partial charge in [0.2, 0.25) is 0 Å². The molecular formula is C19H25N3O2. The molecule has 1 aliphatic heterocycles. The van der Waals surface area contributed by atoms with Crippen LogP contribution in [-0.2, 0) is 4.74 Å². The molecule has 24 heavy (non-hydrogen) atoms. The molecule has 5 heteroatoms. The molecule has 5 nitrogen and oxygen atoms in total. The van der Waals surface area contributed by atoms with Gasteiger partial charge >= 0.3 is 6.09 Å². The zero-order chi connectivity index (χ0) is 17.3. The normalized spacial score (nSPS) is 18.8. The molecule has 0 spiro atoms. The van der Waals surface area contributed by atoms with Crippen LogP contribution in [0, 0.1) is 0 Å². The van der Waals surface area contributed by atoms with E-state index in [-0.39, 0.29) is 12.1 Å². The summed E-state index contributed by atoms with van der Waals surface area (Å²) < 4.78 is 5.48. The summed E-state index contributed by atoms with van der Waals surface area (Å²) in [5.41, 5.74) is 0.536. The SMILES string of the molecule is CC1CN(C(=O)OC(C)(C)C)CCN1c1ccc2ccccc2n1. The maximum absolute atomic E-state index is 12.2. The van der Waals surface area contributed by atoms with Gasteiger partial charge in [-0.25, -0.2) is 9.78 Å². The van der Waals surface area contributed by atoms with Crippen molar-refractivity contribution in [1.29, 1.82) is 0 Å². The number of benzene rings is 1. The standard InChI is InChI=1S/C19H25N3O2/c1-14-13-21(18(23)24-19(2,3)4)11-12-22(14)17-10-9-15-7-5-6-8-16(15)20-17/h5-10,14H,11-13H2,1-4H3. The highest BCUT2D eigenvalue weighted by molar-refractivity contribution is 5.80. The van der Waals surface area contributed by atoms with Crippen molar-refractivity contribution in [2.24, 2.45) is 0 Å². The number of carbonyl (C=O) groups is 1. The van der Waals surface area contributed by atoms with Crippen LogP contribution in [0.1, 0.15) is 27.7 Å². The van der Waals surface area contributed by atoms with Gasteiger partial charge in [0.25, 0.3) is 0 Å². The Balaban J connectivity index is 1.72. The molecule has 1 aliphatic rings. The van der Waals surface area contributed by atoms with Gasteiger partial charge in [-0.3, -0.25) is 0 Å². The quantitative estimate of drug-likeness (QED) is 0.801. The molecule has 3 rings (SSSR count). The van der Waals surface area contributed by atoms with E-state index in [1.165, 1.54) is 0 Å². The molecule has 1 aromatic carbocycles. The van der Waals surface area contributed by atoms with E-state index in [4.69, 9.17) is 9.72 Å². The molecule has 0 radical (unpaired) electrons. The van der Waals surface area contributed by atoms with Crippen molar-refractivity contribution in [2.75, 3.05) is 24.5 Å². The van der Waals surface area contributed by atoms with Gasteiger partial charge in [-0.2, -0.15) is 0 Å². The Morgan fingerprint density at radius 2 is 1.92 bits per heavy atom. The molecule has 0 saturated carbocycles. The van der Waals surface area contributed by atoms with E-state index >= 15 is 0 Å². The van der Waals surface area contributed by atoms with E-state index in [0.29, 0.717) is 13.1 Å². The molecule has 1 aromatic heterocycles. The van der Waals surface area contributed by atoms with Crippen molar-refractivity contribution in [3.8, 4) is 0 Å². The van der Waals surface area contributed by atoms with Gasteiger partial charge in [-0.15, -0.1) is 0 Å². The first kappa shape index (κ1) is 16.6. The minimum atomic E-state index is -0.461. The van der Waals surface area contributed by atoms with E-state index in [2.05, 4.69) is 30.0 Å². The number of piperazine rings is 1. The summed E-state index contributed by atoms with van der Waals surface area (Å²) in [5.74, 6) is 0.963. The van der Waals surface area contributed by atoms with Crippen molar-refractivity contribution in [3.63, 3.8) is 0 Å². The zero-order valence-electron chi connectivity index (χ0n) is 14.8. The van der Waals surface area contributed by atoms with Gasteiger partial charge < -0.3 is 14.5 Å². The summed E-state index contributed by atoms with van der Waals surface area (Å²) in [7, 11) is 0. The minimum Gasteiger partial charge on any atom is -0.444 e. The molecule has 1 fully saturated rings. The Hall–Kier alpha value is -2.30. The molecular weight excluding hydrogens is 302 g/mol. The zero-order valence-corrected chi connectivity index (χ0v) is 14.8. The highest BCUT2D eigenvalue weighted by Crippen LogP contribution is 2.23. The number of fused-ring (bicyclic) bond motifs is 1. The molecule has 1 amide bonds. The third-order valence-electron chi connectivity index (χ3n) is 4.16. The number of ether oxygens (including phenoxy) is 1. The highest BCUT2D eigenvalue weighted by Gasteiger charge is 2.30. The summed E-state index contributed by atoms with van der Waals surface area (Å²) in [4.78, 5) is 21.1. The Morgan fingerprint density at radius 3 is 2.62 bits per heavy atom. The van der Waals surface area contributed by atoms with Gasteiger partial charge in [0, 0.05) is 31.1 Å². The lowest BCUT2D eigenvalue weighted by molar-refractivity contribution is 0.0218. The first-order chi connectivity index (χ1) is 11.3. The van der Waals surface area contributed by atoms with Gasteiger partial charge in [0.05, 0.1) is 5.52 Å². The summed E-state index contributed by atoms with van der Waals surface area (Å²) in [6.45, 7) is 9.84. The predicted octanol–water partition coefficient (Wildman–Crippen LogP) is 3.68. The van der Waals surface area contributed by atoms with Crippen molar-refractivity contribution in [3.05, 3.63) is 36.4 Å². The lowest BCUT2D eigenvalue weighted by Gasteiger charge is -2.40. The van der Waals surface area contributed by atoms with Crippen LogP contribution in [0.3, 0.4) is 0 Å². The number of aromatic nitrogens is 1. The molecule has 1 unspecified atom stereocenters. The molecule has 1 saturated heterocycles. The molecule has 0 aliphatic carbocycles. The highest BCUT2D eigenvalue weighted by atomic mass is 16.6. The van der Waals surface area contributed by atoms with Crippen LogP contribution < -0.4 is 4.90 Å². The predicted molar refractivity (Wildman–Crippen MR) is 96.4 cm³/mol. The smallest absolute Gasteiger partial charge is 0.410 e. The summed E-state index contributed by atoms with van der Waals surface area (Å²) in [6, 6.07) is 12.5. The largest absolute Gasteiger partial charge is 0.444 e. The Labute approximate surface area is 143 Å². The van der Waals surface area contributed by atoms with Gasteiger partial charge in [0.15, 0.2) is 0 Å². The van der Waals surface area contributed by atoms with E-state index in [1.807, 2.05) is 39.0 Å². The number of pyridine rings is 1. The Kier molecular flexibility index (Phi) is 4.35. The van der Waals surface area contributed by atoms with Crippen molar-refractivity contribution in [2.45, 2.75) is 39.3 Å². The number of amides is 1. The summed E-state index contributed by atoms with van der Waals surface area (Å²) >= 11 is 0. The second kappa shape index (κ2) is 6.30. The van der Waals surface area contributed by atoms with Crippen molar-refractivity contribution >= 4 is 22.8 Å². The van der Waals surface area contributed by atoms with E-state index < -0.39 is 5.60 Å².